The fraction of sp³-hybridized carbons (Fsp3) is 0.611. The molecule has 1 saturated heterocycles. The van der Waals surface area contributed by atoms with Crippen molar-refractivity contribution in [2.75, 3.05) is 37.9 Å². The molecule has 0 bridgehead atoms. The van der Waals surface area contributed by atoms with E-state index in [0.717, 1.165) is 43.6 Å². The molecule has 1 aromatic carbocycles. The molecule has 1 aromatic rings. The number of ether oxygens (including phenoxy) is 1. The number of rotatable bonds is 7. The van der Waals surface area contributed by atoms with Crippen LogP contribution in [-0.2, 0) is 26.1 Å². The van der Waals surface area contributed by atoms with Crippen LogP contribution in [0.25, 0.3) is 0 Å². The Labute approximate surface area is 146 Å². The van der Waals surface area contributed by atoms with Gasteiger partial charge in [-0.15, -0.1) is 0 Å². The third kappa shape index (κ3) is 4.23. The van der Waals surface area contributed by atoms with Crippen LogP contribution in [0.4, 0.5) is 5.69 Å². The van der Waals surface area contributed by atoms with Crippen LogP contribution in [0.1, 0.15) is 24.8 Å². The molecule has 2 fully saturated rings. The molecule has 1 aliphatic carbocycles. The van der Waals surface area contributed by atoms with Gasteiger partial charge in [-0.1, -0.05) is 12.1 Å². The first-order valence-electron chi connectivity index (χ1n) is 8.57. The molecule has 132 valence electrons. The number of anilines is 1. The van der Waals surface area contributed by atoms with Gasteiger partial charge in [-0.25, -0.2) is 0 Å². The van der Waals surface area contributed by atoms with Gasteiger partial charge in [0.25, 0.3) is 0 Å². The van der Waals surface area contributed by atoms with Crippen LogP contribution < -0.4 is 10.6 Å². The van der Waals surface area contributed by atoms with Gasteiger partial charge in [0.1, 0.15) is 0 Å². The van der Waals surface area contributed by atoms with Crippen LogP contribution in [-0.4, -0.2) is 42.7 Å². The third-order valence-corrected chi connectivity index (χ3v) is 6.42. The van der Waals surface area contributed by atoms with Crippen molar-refractivity contribution < 1.29 is 13.7 Å². The fourth-order valence-corrected chi connectivity index (χ4v) is 4.65. The number of methoxy groups -OCH3 is 1. The smallest absolute Gasteiger partial charge is 0.228 e. The molecule has 1 aliphatic heterocycles. The van der Waals surface area contributed by atoms with Gasteiger partial charge >= 0.3 is 0 Å². The van der Waals surface area contributed by atoms with Crippen LogP contribution >= 0.6 is 0 Å². The van der Waals surface area contributed by atoms with E-state index in [1.807, 2.05) is 24.3 Å². The predicted molar refractivity (Wildman–Crippen MR) is 96.3 cm³/mol. The molecule has 5 nitrogen and oxygen atoms in total. The zero-order valence-corrected chi connectivity index (χ0v) is 15.0. The monoisotopic (exact) mass is 350 g/mol. The highest BCUT2D eigenvalue weighted by Gasteiger charge is 2.57. The van der Waals surface area contributed by atoms with Crippen molar-refractivity contribution >= 4 is 22.4 Å². The average Bonchev–Trinajstić information content (AvgIpc) is 3.27. The summed E-state index contributed by atoms with van der Waals surface area (Å²) in [6.07, 6.45) is 3.22. The number of hydrogen-bond donors (Lipinski definition) is 2. The molecule has 0 aromatic heterocycles. The van der Waals surface area contributed by atoms with Crippen molar-refractivity contribution in [2.24, 2.45) is 11.3 Å². The molecule has 2 unspecified atom stereocenters. The summed E-state index contributed by atoms with van der Waals surface area (Å²) in [5.74, 6) is 1.31. The Morgan fingerprint density at radius 2 is 2.21 bits per heavy atom. The normalized spacial score (nSPS) is 23.0. The first-order chi connectivity index (χ1) is 11.6. The van der Waals surface area contributed by atoms with Crippen LogP contribution in [0.5, 0.6) is 0 Å². The van der Waals surface area contributed by atoms with E-state index in [2.05, 4.69) is 10.6 Å². The quantitative estimate of drug-likeness (QED) is 0.788. The van der Waals surface area contributed by atoms with E-state index in [1.165, 1.54) is 0 Å². The maximum Gasteiger partial charge on any atom is 0.228 e. The molecular weight excluding hydrogens is 324 g/mol. The number of amides is 1. The molecule has 2 N–H and O–H groups in total. The first-order valence-corrected chi connectivity index (χ1v) is 10.1. The SMILES string of the molecule is COCCS(=O)Cc1cccc(NC(=O)C2CC23CCNCC3)c1. The number of nitrogens with one attached hydrogen (secondary N) is 2. The molecule has 2 atom stereocenters. The van der Waals surface area contributed by atoms with Gasteiger partial charge in [0.05, 0.1) is 6.61 Å². The highest BCUT2D eigenvalue weighted by Crippen LogP contribution is 2.58. The predicted octanol–water partition coefficient (Wildman–Crippen LogP) is 1.91. The minimum atomic E-state index is -0.942. The number of hydrogen-bond acceptors (Lipinski definition) is 4. The van der Waals surface area contributed by atoms with Crippen LogP contribution in [0.2, 0.25) is 0 Å². The molecule has 6 heteroatoms. The van der Waals surface area contributed by atoms with Crippen molar-refractivity contribution in [2.45, 2.75) is 25.0 Å². The summed E-state index contributed by atoms with van der Waals surface area (Å²) in [6.45, 7) is 2.54. The van der Waals surface area contributed by atoms with Crippen molar-refractivity contribution in [3.63, 3.8) is 0 Å². The summed E-state index contributed by atoms with van der Waals surface area (Å²) >= 11 is 0. The average molecular weight is 350 g/mol. The third-order valence-electron chi connectivity index (χ3n) is 5.14. The van der Waals surface area contributed by atoms with Gasteiger partial charge < -0.3 is 15.4 Å². The summed E-state index contributed by atoms with van der Waals surface area (Å²) in [4.78, 5) is 12.5. The standard InChI is InChI=1S/C18H26N2O3S/c1-23-9-10-24(22)13-14-3-2-4-15(11-14)20-17(21)16-12-18(16)5-7-19-8-6-18/h2-4,11,16,19H,5-10,12-13H2,1H3,(H,20,21). The molecule has 1 spiro atoms. The Morgan fingerprint density at radius 3 is 2.96 bits per heavy atom. The van der Waals surface area contributed by atoms with Crippen LogP contribution in [0.15, 0.2) is 24.3 Å². The fourth-order valence-electron chi connectivity index (χ4n) is 3.60. The van der Waals surface area contributed by atoms with Gasteiger partial charge in [0.15, 0.2) is 0 Å². The van der Waals surface area contributed by atoms with Gasteiger partial charge in [-0.2, -0.15) is 0 Å². The number of carbonyl (C=O) groups is 1. The van der Waals surface area contributed by atoms with E-state index in [1.54, 1.807) is 7.11 Å². The molecule has 0 radical (unpaired) electrons. The second-order valence-electron chi connectivity index (χ2n) is 6.84. The van der Waals surface area contributed by atoms with Crippen molar-refractivity contribution in [1.82, 2.24) is 5.32 Å². The van der Waals surface area contributed by atoms with E-state index in [4.69, 9.17) is 4.74 Å². The largest absolute Gasteiger partial charge is 0.384 e. The molecule has 1 heterocycles. The van der Waals surface area contributed by atoms with E-state index in [0.29, 0.717) is 18.1 Å². The van der Waals surface area contributed by atoms with Gasteiger partial charge in [0, 0.05) is 41.0 Å². The van der Waals surface area contributed by atoms with E-state index < -0.39 is 10.8 Å². The Hall–Kier alpha value is -1.24. The van der Waals surface area contributed by atoms with Gasteiger partial charge in [0.2, 0.25) is 5.91 Å². The summed E-state index contributed by atoms with van der Waals surface area (Å²) in [7, 11) is 0.670. The minimum absolute atomic E-state index is 0.134. The summed E-state index contributed by atoms with van der Waals surface area (Å²) < 4.78 is 16.9. The van der Waals surface area contributed by atoms with Crippen molar-refractivity contribution in [3.05, 3.63) is 29.8 Å². The topological polar surface area (TPSA) is 67.4 Å². The van der Waals surface area contributed by atoms with E-state index in [-0.39, 0.29) is 17.2 Å². The van der Waals surface area contributed by atoms with Crippen LogP contribution in [0.3, 0.4) is 0 Å². The lowest BCUT2D eigenvalue weighted by Gasteiger charge is -2.23. The van der Waals surface area contributed by atoms with Gasteiger partial charge in [-0.3, -0.25) is 9.00 Å². The van der Waals surface area contributed by atoms with E-state index >= 15 is 0 Å². The van der Waals surface area contributed by atoms with Crippen molar-refractivity contribution in [3.8, 4) is 0 Å². The second kappa shape index (κ2) is 7.76. The number of piperidine rings is 1. The second-order valence-corrected chi connectivity index (χ2v) is 8.42. The Bertz CT molecular complexity index is 614. The molecule has 1 amide bonds. The zero-order valence-electron chi connectivity index (χ0n) is 14.2. The number of benzene rings is 1. The Balaban J connectivity index is 1.55. The highest BCUT2D eigenvalue weighted by molar-refractivity contribution is 7.84. The lowest BCUT2D eigenvalue weighted by molar-refractivity contribution is -0.118. The lowest BCUT2D eigenvalue weighted by atomic mass is 9.92. The summed E-state index contributed by atoms with van der Waals surface area (Å²) in [5.41, 5.74) is 2.03. The van der Waals surface area contributed by atoms with Crippen LogP contribution in [0, 0.1) is 11.3 Å². The summed E-state index contributed by atoms with van der Waals surface area (Å²) in [5, 5.41) is 6.41. The zero-order chi connectivity index (χ0) is 17.0. The highest BCUT2D eigenvalue weighted by atomic mass is 32.2. The van der Waals surface area contributed by atoms with Gasteiger partial charge in [-0.05, 0) is 55.5 Å². The van der Waals surface area contributed by atoms with Crippen molar-refractivity contribution in [1.29, 1.82) is 0 Å². The maximum atomic E-state index is 12.5. The lowest BCUT2D eigenvalue weighted by Crippen LogP contribution is -2.31. The molecule has 3 rings (SSSR count). The Morgan fingerprint density at radius 1 is 1.42 bits per heavy atom. The molecule has 2 aliphatic rings. The molecule has 24 heavy (non-hydrogen) atoms. The Kier molecular flexibility index (Phi) is 5.69. The maximum absolute atomic E-state index is 12.5. The minimum Gasteiger partial charge on any atom is -0.384 e. The molecule has 1 saturated carbocycles. The summed E-state index contributed by atoms with van der Waals surface area (Å²) in [6, 6.07) is 7.69. The first kappa shape index (κ1) is 17.6. The number of carbonyl (C=O) groups excluding carboxylic acids is 1. The van der Waals surface area contributed by atoms with E-state index in [9.17, 15) is 9.00 Å². The molecular formula is C18H26N2O3S.